The molecule has 1 aromatic rings. The van der Waals surface area contributed by atoms with Crippen molar-refractivity contribution in [3.63, 3.8) is 0 Å². The molecule has 1 aromatic heterocycles. The number of imidazole rings is 1. The van der Waals surface area contributed by atoms with E-state index in [1.807, 2.05) is 11.1 Å². The minimum absolute atomic E-state index is 0.163. The van der Waals surface area contributed by atoms with Gasteiger partial charge in [-0.1, -0.05) is 0 Å². The zero-order valence-corrected chi connectivity index (χ0v) is 11.1. The van der Waals surface area contributed by atoms with Crippen LogP contribution < -0.4 is 0 Å². The largest absolute Gasteiger partial charge is 0.375 e. The second-order valence-electron chi connectivity index (χ2n) is 5.00. The van der Waals surface area contributed by atoms with Gasteiger partial charge in [-0.2, -0.15) is 0 Å². The number of carbonyl (C=O) groups excluding carboxylic acids is 1. The van der Waals surface area contributed by atoms with Crippen molar-refractivity contribution in [1.82, 2.24) is 14.5 Å². The Bertz CT molecular complexity index is 368. The lowest BCUT2D eigenvalue weighted by molar-refractivity contribution is -0.135. The summed E-state index contributed by atoms with van der Waals surface area (Å²) in [5.41, 5.74) is 0. The number of ether oxygens (including phenoxy) is 1. The van der Waals surface area contributed by atoms with Gasteiger partial charge in [0.15, 0.2) is 0 Å². The van der Waals surface area contributed by atoms with Crippen LogP contribution in [-0.2, 0) is 16.1 Å². The molecule has 0 aromatic carbocycles. The van der Waals surface area contributed by atoms with E-state index in [0.29, 0.717) is 12.6 Å². The normalized spacial score (nSPS) is 17.4. The molecule has 100 valence electrons. The smallest absolute Gasteiger partial charge is 0.242 e. The highest BCUT2D eigenvalue weighted by atomic mass is 16.5. The number of rotatable bonds is 4. The molecule has 18 heavy (non-hydrogen) atoms. The van der Waals surface area contributed by atoms with E-state index in [4.69, 9.17) is 4.74 Å². The summed E-state index contributed by atoms with van der Waals surface area (Å²) in [6.07, 6.45) is 7.63. The SMILES string of the molecule is CC(C)OC1CCN(C(=O)Cn2ccnc2)CC1. The van der Waals surface area contributed by atoms with Crippen molar-refractivity contribution in [2.24, 2.45) is 0 Å². The second-order valence-corrected chi connectivity index (χ2v) is 5.00. The molecule has 0 atom stereocenters. The van der Waals surface area contributed by atoms with Gasteiger partial charge < -0.3 is 14.2 Å². The van der Waals surface area contributed by atoms with Crippen molar-refractivity contribution < 1.29 is 9.53 Å². The molecule has 1 amide bonds. The van der Waals surface area contributed by atoms with E-state index in [2.05, 4.69) is 18.8 Å². The summed E-state index contributed by atoms with van der Waals surface area (Å²) in [6, 6.07) is 0. The molecule has 0 bridgehead atoms. The molecule has 0 radical (unpaired) electrons. The molecule has 0 aliphatic carbocycles. The Morgan fingerprint density at radius 2 is 2.17 bits per heavy atom. The molecule has 0 N–H and O–H groups in total. The number of hydrogen-bond acceptors (Lipinski definition) is 3. The van der Waals surface area contributed by atoms with Crippen LogP contribution in [0.5, 0.6) is 0 Å². The highest BCUT2D eigenvalue weighted by Crippen LogP contribution is 2.15. The Balaban J connectivity index is 1.77. The molecule has 5 heteroatoms. The zero-order chi connectivity index (χ0) is 13.0. The van der Waals surface area contributed by atoms with Gasteiger partial charge in [-0.15, -0.1) is 0 Å². The zero-order valence-electron chi connectivity index (χ0n) is 11.1. The van der Waals surface area contributed by atoms with Crippen molar-refractivity contribution in [1.29, 1.82) is 0 Å². The molecule has 2 rings (SSSR count). The summed E-state index contributed by atoms with van der Waals surface area (Å²) in [6.45, 7) is 6.08. The van der Waals surface area contributed by atoms with E-state index >= 15 is 0 Å². The van der Waals surface area contributed by atoms with Gasteiger partial charge in [-0.3, -0.25) is 4.79 Å². The van der Waals surface area contributed by atoms with Gasteiger partial charge in [0.05, 0.1) is 18.5 Å². The van der Waals surface area contributed by atoms with Gasteiger partial charge in [-0.05, 0) is 26.7 Å². The van der Waals surface area contributed by atoms with Crippen LogP contribution in [0.25, 0.3) is 0 Å². The fourth-order valence-corrected chi connectivity index (χ4v) is 2.26. The molecule has 1 aliphatic heterocycles. The Morgan fingerprint density at radius 3 is 2.72 bits per heavy atom. The molecule has 1 aliphatic rings. The van der Waals surface area contributed by atoms with E-state index in [1.54, 1.807) is 17.1 Å². The summed E-state index contributed by atoms with van der Waals surface area (Å²) in [7, 11) is 0. The second kappa shape index (κ2) is 6.00. The quantitative estimate of drug-likeness (QED) is 0.810. The molecule has 0 unspecified atom stereocenters. The maximum Gasteiger partial charge on any atom is 0.242 e. The van der Waals surface area contributed by atoms with Crippen LogP contribution in [0.2, 0.25) is 0 Å². The van der Waals surface area contributed by atoms with Crippen molar-refractivity contribution in [2.75, 3.05) is 13.1 Å². The van der Waals surface area contributed by atoms with Gasteiger partial charge in [-0.25, -0.2) is 4.98 Å². The summed E-state index contributed by atoms with van der Waals surface area (Å²) in [5, 5.41) is 0. The van der Waals surface area contributed by atoms with Gasteiger partial charge in [0.1, 0.15) is 6.54 Å². The van der Waals surface area contributed by atoms with Crippen LogP contribution >= 0.6 is 0 Å². The maximum atomic E-state index is 12.0. The third-order valence-electron chi connectivity index (χ3n) is 3.14. The van der Waals surface area contributed by atoms with Gasteiger partial charge >= 0.3 is 0 Å². The first-order valence-electron chi connectivity index (χ1n) is 6.54. The number of piperidine rings is 1. The van der Waals surface area contributed by atoms with Gasteiger partial charge in [0.2, 0.25) is 5.91 Å². The van der Waals surface area contributed by atoms with E-state index in [-0.39, 0.29) is 12.0 Å². The number of likely N-dealkylation sites (tertiary alicyclic amines) is 1. The molecule has 1 saturated heterocycles. The van der Waals surface area contributed by atoms with Crippen molar-refractivity contribution in [3.8, 4) is 0 Å². The minimum Gasteiger partial charge on any atom is -0.375 e. The number of hydrogen-bond donors (Lipinski definition) is 0. The maximum absolute atomic E-state index is 12.0. The fraction of sp³-hybridized carbons (Fsp3) is 0.692. The lowest BCUT2D eigenvalue weighted by Crippen LogP contribution is -2.42. The van der Waals surface area contributed by atoms with Gasteiger partial charge in [0, 0.05) is 25.5 Å². The summed E-state index contributed by atoms with van der Waals surface area (Å²) in [4.78, 5) is 17.9. The Labute approximate surface area is 108 Å². The van der Waals surface area contributed by atoms with Crippen LogP contribution in [0.4, 0.5) is 0 Å². The average molecular weight is 251 g/mol. The third-order valence-corrected chi connectivity index (χ3v) is 3.14. The van der Waals surface area contributed by atoms with Crippen LogP contribution in [0.15, 0.2) is 18.7 Å². The molecule has 5 nitrogen and oxygen atoms in total. The minimum atomic E-state index is 0.163. The highest BCUT2D eigenvalue weighted by molar-refractivity contribution is 5.76. The van der Waals surface area contributed by atoms with Crippen LogP contribution in [-0.4, -0.2) is 45.7 Å². The first-order valence-corrected chi connectivity index (χ1v) is 6.54. The Morgan fingerprint density at radius 1 is 1.44 bits per heavy atom. The lowest BCUT2D eigenvalue weighted by atomic mass is 10.1. The van der Waals surface area contributed by atoms with Gasteiger partial charge in [0.25, 0.3) is 0 Å². The number of aromatic nitrogens is 2. The molecule has 1 fully saturated rings. The van der Waals surface area contributed by atoms with E-state index in [9.17, 15) is 4.79 Å². The van der Waals surface area contributed by atoms with Crippen LogP contribution in [0.3, 0.4) is 0 Å². The van der Waals surface area contributed by atoms with E-state index in [1.165, 1.54) is 0 Å². The number of nitrogens with zero attached hydrogens (tertiary/aromatic N) is 3. The predicted octanol–water partition coefficient (Wildman–Crippen LogP) is 1.30. The van der Waals surface area contributed by atoms with Crippen molar-refractivity contribution in [2.45, 2.75) is 45.4 Å². The summed E-state index contributed by atoms with van der Waals surface area (Å²) in [5.74, 6) is 0.163. The Hall–Kier alpha value is -1.36. The summed E-state index contributed by atoms with van der Waals surface area (Å²) < 4.78 is 7.58. The average Bonchev–Trinajstić information content (AvgIpc) is 2.82. The first-order chi connectivity index (χ1) is 8.65. The van der Waals surface area contributed by atoms with Crippen LogP contribution in [0, 0.1) is 0 Å². The van der Waals surface area contributed by atoms with Crippen LogP contribution in [0.1, 0.15) is 26.7 Å². The van der Waals surface area contributed by atoms with Crippen molar-refractivity contribution >= 4 is 5.91 Å². The topological polar surface area (TPSA) is 47.4 Å². The van der Waals surface area contributed by atoms with E-state index < -0.39 is 0 Å². The summed E-state index contributed by atoms with van der Waals surface area (Å²) >= 11 is 0. The molecular weight excluding hydrogens is 230 g/mol. The molecule has 2 heterocycles. The number of amides is 1. The Kier molecular flexibility index (Phi) is 4.36. The highest BCUT2D eigenvalue weighted by Gasteiger charge is 2.23. The third kappa shape index (κ3) is 3.57. The fourth-order valence-electron chi connectivity index (χ4n) is 2.26. The molecule has 0 saturated carbocycles. The molecular formula is C13H21N3O2. The molecule has 0 spiro atoms. The van der Waals surface area contributed by atoms with Crippen molar-refractivity contribution in [3.05, 3.63) is 18.7 Å². The predicted molar refractivity (Wildman–Crippen MR) is 68.1 cm³/mol. The lowest BCUT2D eigenvalue weighted by Gasteiger charge is -2.32. The van der Waals surface area contributed by atoms with E-state index in [0.717, 1.165) is 25.9 Å². The first kappa shape index (κ1) is 13.1. The number of carbonyl (C=O) groups is 1. The monoisotopic (exact) mass is 251 g/mol. The standard InChI is InChI=1S/C13H21N3O2/c1-11(2)18-12-3-6-16(7-4-12)13(17)9-15-8-5-14-10-15/h5,8,10-12H,3-4,6-7,9H2,1-2H3.